The van der Waals surface area contributed by atoms with Gasteiger partial charge in [0, 0.05) is 12.8 Å². The Bertz CT molecular complexity index is 930. The first kappa shape index (κ1) is 50.6. The van der Waals surface area contributed by atoms with Crippen molar-refractivity contribution < 1.29 is 24.2 Å². The molecule has 0 aromatic carbocycles. The van der Waals surface area contributed by atoms with E-state index in [0.29, 0.717) is 12.8 Å². The molecule has 0 spiro atoms. The van der Waals surface area contributed by atoms with E-state index >= 15 is 0 Å². The maximum atomic E-state index is 12.2. The number of rotatable bonds is 40. The van der Waals surface area contributed by atoms with Crippen LogP contribution in [0.25, 0.3) is 0 Å². The van der Waals surface area contributed by atoms with Gasteiger partial charge in [-0.3, -0.25) is 9.59 Å². The van der Waals surface area contributed by atoms with E-state index in [1.54, 1.807) is 0 Å². The number of carbonyl (C=O) groups is 2. The summed E-state index contributed by atoms with van der Waals surface area (Å²) < 4.78 is 10.6. The Labute approximate surface area is 328 Å². The fraction of sp³-hybridized carbons (Fsp3) is 0.750. The molecule has 1 N–H and O–H groups in total. The molecular formula is C48H84O5. The standard InChI is InChI=1S/C48H84O5/c1-3-5-7-9-11-13-15-17-19-21-23-25-26-28-30-32-34-36-38-40-42-47(50)52-45-46(44-49)53-48(51)43-41-39-37-35-33-31-29-27-24-22-20-18-16-14-12-10-8-6-4-2/h6,8,12,14,18,20,24,27,31,33,46,49H,3-5,7,9-11,13,15-17,19,21-23,25-26,28-30,32,34-45H2,1-2H3/b8-6+,14-12+,20-18+,27-24+,33-31+/t46-/m0/s1. The average molecular weight is 741 g/mol. The van der Waals surface area contributed by atoms with Gasteiger partial charge in [-0.1, -0.05) is 203 Å². The number of carbonyl (C=O) groups excluding carboxylic acids is 2. The van der Waals surface area contributed by atoms with E-state index in [9.17, 15) is 14.7 Å². The molecule has 0 aliphatic heterocycles. The second kappa shape index (κ2) is 44.0. The van der Waals surface area contributed by atoms with E-state index in [1.165, 1.54) is 109 Å². The predicted octanol–water partition coefficient (Wildman–Crippen LogP) is 14.3. The molecule has 0 saturated heterocycles. The van der Waals surface area contributed by atoms with Crippen molar-refractivity contribution in [1.29, 1.82) is 0 Å². The number of hydrogen-bond acceptors (Lipinski definition) is 5. The van der Waals surface area contributed by atoms with Crippen LogP contribution < -0.4 is 0 Å². The van der Waals surface area contributed by atoms with E-state index in [0.717, 1.165) is 77.0 Å². The van der Waals surface area contributed by atoms with Crippen molar-refractivity contribution in [3.05, 3.63) is 60.8 Å². The monoisotopic (exact) mass is 741 g/mol. The molecule has 5 nitrogen and oxygen atoms in total. The van der Waals surface area contributed by atoms with Crippen LogP contribution in [0.5, 0.6) is 0 Å². The molecule has 0 aromatic heterocycles. The Kier molecular flexibility index (Phi) is 42.0. The van der Waals surface area contributed by atoms with Gasteiger partial charge < -0.3 is 14.6 Å². The number of allylic oxidation sites excluding steroid dienone is 10. The van der Waals surface area contributed by atoms with Gasteiger partial charge in [-0.15, -0.1) is 0 Å². The first-order valence-corrected chi connectivity index (χ1v) is 22.3. The topological polar surface area (TPSA) is 72.8 Å². The minimum atomic E-state index is -0.789. The van der Waals surface area contributed by atoms with Gasteiger partial charge >= 0.3 is 11.9 Å². The maximum Gasteiger partial charge on any atom is 0.306 e. The average Bonchev–Trinajstić information content (AvgIpc) is 3.16. The molecule has 0 rings (SSSR count). The Morgan fingerprint density at radius 2 is 0.811 bits per heavy atom. The Hall–Kier alpha value is -2.40. The number of hydrogen-bond donors (Lipinski definition) is 1. The van der Waals surface area contributed by atoms with Crippen LogP contribution in [0.4, 0.5) is 0 Å². The van der Waals surface area contributed by atoms with Gasteiger partial charge in [0.2, 0.25) is 0 Å². The molecule has 0 radical (unpaired) electrons. The normalized spacial score (nSPS) is 12.7. The molecule has 0 aliphatic rings. The third-order valence-corrected chi connectivity index (χ3v) is 9.58. The van der Waals surface area contributed by atoms with Gasteiger partial charge in [0.25, 0.3) is 0 Å². The summed E-state index contributed by atoms with van der Waals surface area (Å²) in [5.74, 6) is -0.624. The molecule has 1 atom stereocenters. The van der Waals surface area contributed by atoms with Crippen molar-refractivity contribution in [2.75, 3.05) is 13.2 Å². The Balaban J connectivity index is 3.58. The van der Waals surface area contributed by atoms with Crippen LogP contribution >= 0.6 is 0 Å². The van der Waals surface area contributed by atoms with Crippen molar-refractivity contribution in [2.45, 2.75) is 219 Å². The highest BCUT2D eigenvalue weighted by Gasteiger charge is 2.16. The summed E-state index contributed by atoms with van der Waals surface area (Å²) in [5, 5.41) is 9.58. The number of ether oxygens (including phenoxy) is 2. The predicted molar refractivity (Wildman–Crippen MR) is 228 cm³/mol. The maximum absolute atomic E-state index is 12.2. The minimum absolute atomic E-state index is 0.0790. The molecule has 306 valence electrons. The first-order valence-electron chi connectivity index (χ1n) is 22.3. The lowest BCUT2D eigenvalue weighted by Gasteiger charge is -2.15. The van der Waals surface area contributed by atoms with E-state index in [-0.39, 0.29) is 25.2 Å². The van der Waals surface area contributed by atoms with Crippen LogP contribution in [0.1, 0.15) is 213 Å². The molecule has 0 saturated carbocycles. The van der Waals surface area contributed by atoms with Gasteiger partial charge in [0.05, 0.1) is 6.61 Å². The van der Waals surface area contributed by atoms with Crippen LogP contribution in [-0.2, 0) is 19.1 Å². The lowest BCUT2D eigenvalue weighted by atomic mass is 10.0. The first-order chi connectivity index (χ1) is 26.1. The SMILES string of the molecule is CC/C=C/C/C=C/C/C=C/C/C=C/C/C=C/CCCCCC(=O)O[C@@H](CO)COC(=O)CCCCCCCCCCCCCCCCCCCCCC. The van der Waals surface area contributed by atoms with E-state index in [2.05, 4.69) is 74.6 Å². The fourth-order valence-corrected chi connectivity index (χ4v) is 6.23. The summed E-state index contributed by atoms with van der Waals surface area (Å²) in [6.07, 6.45) is 57.2. The third-order valence-electron chi connectivity index (χ3n) is 9.58. The largest absolute Gasteiger partial charge is 0.462 e. The van der Waals surface area contributed by atoms with Crippen LogP contribution in [0, 0.1) is 0 Å². The Morgan fingerprint density at radius 1 is 0.453 bits per heavy atom. The second-order valence-corrected chi connectivity index (χ2v) is 14.8. The molecule has 0 amide bonds. The van der Waals surface area contributed by atoms with E-state index < -0.39 is 6.10 Å². The molecule has 0 bridgehead atoms. The Morgan fingerprint density at radius 3 is 1.23 bits per heavy atom. The van der Waals surface area contributed by atoms with Crippen LogP contribution in [0.3, 0.4) is 0 Å². The lowest BCUT2D eigenvalue weighted by molar-refractivity contribution is -0.161. The van der Waals surface area contributed by atoms with Crippen LogP contribution in [-0.4, -0.2) is 36.4 Å². The van der Waals surface area contributed by atoms with Gasteiger partial charge in [0.15, 0.2) is 6.10 Å². The summed E-state index contributed by atoms with van der Waals surface area (Å²) in [5.41, 5.74) is 0. The highest BCUT2D eigenvalue weighted by Crippen LogP contribution is 2.15. The van der Waals surface area contributed by atoms with Crippen molar-refractivity contribution in [1.82, 2.24) is 0 Å². The minimum Gasteiger partial charge on any atom is -0.462 e. The third kappa shape index (κ3) is 42.2. The van der Waals surface area contributed by atoms with E-state index in [4.69, 9.17) is 9.47 Å². The van der Waals surface area contributed by atoms with Crippen molar-refractivity contribution in [2.24, 2.45) is 0 Å². The van der Waals surface area contributed by atoms with E-state index in [1.807, 2.05) is 0 Å². The number of esters is 2. The van der Waals surface area contributed by atoms with Gasteiger partial charge in [-0.2, -0.15) is 0 Å². The smallest absolute Gasteiger partial charge is 0.306 e. The molecular weight excluding hydrogens is 657 g/mol. The summed E-state index contributed by atoms with van der Waals surface area (Å²) in [4.78, 5) is 24.3. The molecule has 0 fully saturated rings. The molecule has 0 unspecified atom stereocenters. The number of unbranched alkanes of at least 4 members (excludes halogenated alkanes) is 22. The zero-order valence-electron chi connectivity index (χ0n) is 34.8. The second-order valence-electron chi connectivity index (χ2n) is 14.8. The van der Waals surface area contributed by atoms with Crippen LogP contribution in [0.15, 0.2) is 60.8 Å². The zero-order chi connectivity index (χ0) is 38.6. The van der Waals surface area contributed by atoms with Gasteiger partial charge in [-0.05, 0) is 57.8 Å². The quantitative estimate of drug-likeness (QED) is 0.0385. The highest BCUT2D eigenvalue weighted by atomic mass is 16.6. The summed E-state index contributed by atoms with van der Waals surface area (Å²) in [6, 6.07) is 0. The molecule has 0 aromatic rings. The lowest BCUT2D eigenvalue weighted by Crippen LogP contribution is -2.28. The fourth-order valence-electron chi connectivity index (χ4n) is 6.23. The van der Waals surface area contributed by atoms with Crippen molar-refractivity contribution >= 4 is 11.9 Å². The summed E-state index contributed by atoms with van der Waals surface area (Å²) in [6.45, 7) is 4.01. The van der Waals surface area contributed by atoms with Gasteiger partial charge in [-0.25, -0.2) is 0 Å². The van der Waals surface area contributed by atoms with Crippen molar-refractivity contribution in [3.8, 4) is 0 Å². The molecule has 0 heterocycles. The highest BCUT2D eigenvalue weighted by molar-refractivity contribution is 5.70. The number of aliphatic hydroxyl groups is 1. The van der Waals surface area contributed by atoms with Gasteiger partial charge in [0.1, 0.15) is 6.61 Å². The van der Waals surface area contributed by atoms with Crippen molar-refractivity contribution in [3.63, 3.8) is 0 Å². The summed E-state index contributed by atoms with van der Waals surface area (Å²) in [7, 11) is 0. The number of aliphatic hydroxyl groups excluding tert-OH is 1. The van der Waals surface area contributed by atoms with Crippen LogP contribution in [0.2, 0.25) is 0 Å². The molecule has 53 heavy (non-hydrogen) atoms. The molecule has 5 heteroatoms. The zero-order valence-corrected chi connectivity index (χ0v) is 34.8. The molecule has 0 aliphatic carbocycles. The summed E-state index contributed by atoms with van der Waals surface area (Å²) >= 11 is 0.